The van der Waals surface area contributed by atoms with Gasteiger partial charge in [0.05, 0.1) is 5.69 Å². The van der Waals surface area contributed by atoms with E-state index in [1.165, 1.54) is 19.3 Å². The topological polar surface area (TPSA) is 69.3 Å². The molecule has 2 aliphatic rings. The molecule has 6 nitrogen and oxygen atoms in total. The van der Waals surface area contributed by atoms with Gasteiger partial charge in [0.25, 0.3) is 5.91 Å². The number of hydrogen-bond donors (Lipinski definition) is 1. The van der Waals surface area contributed by atoms with Crippen LogP contribution >= 0.6 is 0 Å². The van der Waals surface area contributed by atoms with Crippen LogP contribution in [-0.2, 0) is 4.79 Å². The standard InChI is InChI=1S/C21H26N4O2/c1-15-19(16-8-4-2-5-9-16)22-23-20(15)21(27)24-12-13-25(18(26)14-24)17-10-6-3-7-11-17/h2,4-5,8-9,17H,3,6-7,10-14H2,1H3,(H,22,23). The minimum absolute atomic E-state index is 0.0713. The van der Waals surface area contributed by atoms with Crippen molar-refractivity contribution in [1.82, 2.24) is 20.0 Å². The normalized spacial score (nSPS) is 18.8. The summed E-state index contributed by atoms with van der Waals surface area (Å²) in [6, 6.07) is 10.2. The molecule has 2 amide bonds. The van der Waals surface area contributed by atoms with E-state index in [4.69, 9.17) is 0 Å². The third kappa shape index (κ3) is 3.48. The van der Waals surface area contributed by atoms with Crippen molar-refractivity contribution < 1.29 is 9.59 Å². The molecule has 1 aliphatic heterocycles. The molecule has 0 unspecified atom stereocenters. The highest BCUT2D eigenvalue weighted by Crippen LogP contribution is 2.26. The van der Waals surface area contributed by atoms with Gasteiger partial charge in [-0.25, -0.2) is 0 Å². The summed E-state index contributed by atoms with van der Waals surface area (Å²) in [5.74, 6) is -0.0687. The van der Waals surface area contributed by atoms with E-state index in [0.717, 1.165) is 29.7 Å². The molecule has 1 saturated heterocycles. The lowest BCUT2D eigenvalue weighted by atomic mass is 9.93. The van der Waals surface area contributed by atoms with Gasteiger partial charge in [-0.15, -0.1) is 0 Å². The van der Waals surface area contributed by atoms with E-state index in [-0.39, 0.29) is 18.4 Å². The monoisotopic (exact) mass is 366 g/mol. The van der Waals surface area contributed by atoms with Crippen LogP contribution in [0.5, 0.6) is 0 Å². The van der Waals surface area contributed by atoms with Gasteiger partial charge in [0.1, 0.15) is 12.2 Å². The summed E-state index contributed by atoms with van der Waals surface area (Å²) < 4.78 is 0. The number of piperazine rings is 1. The molecular formula is C21H26N4O2. The maximum absolute atomic E-state index is 13.0. The van der Waals surface area contributed by atoms with Gasteiger partial charge in [0.2, 0.25) is 5.91 Å². The highest BCUT2D eigenvalue weighted by Gasteiger charge is 2.33. The van der Waals surface area contributed by atoms with Crippen molar-refractivity contribution >= 4 is 11.8 Å². The Labute approximate surface area is 159 Å². The minimum atomic E-state index is -0.140. The summed E-state index contributed by atoms with van der Waals surface area (Å²) in [6.45, 7) is 3.28. The second-order valence-corrected chi connectivity index (χ2v) is 7.54. The lowest BCUT2D eigenvalue weighted by Gasteiger charge is -2.40. The first-order valence-corrected chi connectivity index (χ1v) is 9.84. The number of aromatic amines is 1. The zero-order valence-corrected chi connectivity index (χ0v) is 15.8. The van der Waals surface area contributed by atoms with Crippen molar-refractivity contribution in [3.63, 3.8) is 0 Å². The molecule has 0 radical (unpaired) electrons. The fourth-order valence-electron chi connectivity index (χ4n) is 4.28. The predicted molar refractivity (Wildman–Crippen MR) is 103 cm³/mol. The summed E-state index contributed by atoms with van der Waals surface area (Å²) >= 11 is 0. The van der Waals surface area contributed by atoms with Crippen LogP contribution in [0.4, 0.5) is 0 Å². The van der Waals surface area contributed by atoms with Gasteiger partial charge in [0, 0.05) is 30.3 Å². The molecule has 0 atom stereocenters. The Balaban J connectivity index is 1.46. The van der Waals surface area contributed by atoms with Crippen LogP contribution in [-0.4, -0.2) is 57.5 Å². The van der Waals surface area contributed by atoms with Gasteiger partial charge >= 0.3 is 0 Å². The molecule has 1 N–H and O–H groups in total. The summed E-state index contributed by atoms with van der Waals surface area (Å²) in [5.41, 5.74) is 3.07. The van der Waals surface area contributed by atoms with Crippen LogP contribution in [0.2, 0.25) is 0 Å². The number of aromatic nitrogens is 2. The van der Waals surface area contributed by atoms with Crippen LogP contribution in [0.1, 0.15) is 48.2 Å². The van der Waals surface area contributed by atoms with E-state index in [2.05, 4.69) is 10.2 Å². The van der Waals surface area contributed by atoms with Crippen LogP contribution in [0.15, 0.2) is 30.3 Å². The Bertz CT molecular complexity index is 824. The number of nitrogens with one attached hydrogen (secondary N) is 1. The van der Waals surface area contributed by atoms with Crippen molar-refractivity contribution in [1.29, 1.82) is 0 Å². The summed E-state index contributed by atoms with van der Waals surface area (Å²) in [6.07, 6.45) is 5.87. The highest BCUT2D eigenvalue weighted by atomic mass is 16.2. The molecule has 1 saturated carbocycles. The SMILES string of the molecule is Cc1c(-c2ccccc2)n[nH]c1C(=O)N1CCN(C2CCCCC2)C(=O)C1. The van der Waals surface area contributed by atoms with E-state index in [1.54, 1.807) is 4.90 Å². The molecule has 27 heavy (non-hydrogen) atoms. The molecule has 1 aromatic carbocycles. The van der Waals surface area contributed by atoms with Gasteiger partial charge in [-0.2, -0.15) is 5.10 Å². The number of benzene rings is 1. The predicted octanol–water partition coefficient (Wildman–Crippen LogP) is 3.00. The van der Waals surface area contributed by atoms with Crippen molar-refractivity contribution in [3.05, 3.63) is 41.6 Å². The molecule has 0 bridgehead atoms. The van der Waals surface area contributed by atoms with E-state index in [0.29, 0.717) is 24.8 Å². The minimum Gasteiger partial charge on any atom is -0.336 e. The van der Waals surface area contributed by atoms with E-state index < -0.39 is 0 Å². The van der Waals surface area contributed by atoms with Gasteiger partial charge < -0.3 is 9.80 Å². The fourth-order valence-corrected chi connectivity index (χ4v) is 4.28. The summed E-state index contributed by atoms with van der Waals surface area (Å²) in [5, 5.41) is 7.23. The Morgan fingerprint density at radius 2 is 1.85 bits per heavy atom. The van der Waals surface area contributed by atoms with E-state index in [9.17, 15) is 9.59 Å². The molecule has 2 aromatic rings. The Hall–Kier alpha value is -2.63. The van der Waals surface area contributed by atoms with Crippen molar-refractivity contribution in [2.45, 2.75) is 45.1 Å². The smallest absolute Gasteiger partial charge is 0.272 e. The van der Waals surface area contributed by atoms with Crippen LogP contribution in [0.25, 0.3) is 11.3 Å². The lowest BCUT2D eigenvalue weighted by Crippen LogP contribution is -2.55. The Morgan fingerprint density at radius 3 is 2.56 bits per heavy atom. The van der Waals surface area contributed by atoms with Crippen molar-refractivity contribution in [3.8, 4) is 11.3 Å². The fraction of sp³-hybridized carbons (Fsp3) is 0.476. The number of rotatable bonds is 3. The maximum Gasteiger partial charge on any atom is 0.272 e. The molecule has 142 valence electrons. The van der Waals surface area contributed by atoms with Gasteiger partial charge in [-0.3, -0.25) is 14.7 Å². The Morgan fingerprint density at radius 1 is 1.11 bits per heavy atom. The number of carbonyl (C=O) groups excluding carboxylic acids is 2. The third-order valence-corrected chi connectivity index (χ3v) is 5.83. The zero-order valence-electron chi connectivity index (χ0n) is 15.8. The molecule has 1 aromatic heterocycles. The number of hydrogen-bond acceptors (Lipinski definition) is 3. The first kappa shape index (κ1) is 17.8. The summed E-state index contributed by atoms with van der Waals surface area (Å²) in [4.78, 5) is 29.3. The van der Waals surface area contributed by atoms with Crippen molar-refractivity contribution in [2.75, 3.05) is 19.6 Å². The highest BCUT2D eigenvalue weighted by molar-refractivity contribution is 5.98. The van der Waals surface area contributed by atoms with Crippen LogP contribution < -0.4 is 0 Å². The molecule has 2 heterocycles. The average Bonchev–Trinajstić information content (AvgIpc) is 3.10. The van der Waals surface area contributed by atoms with Crippen molar-refractivity contribution in [2.24, 2.45) is 0 Å². The zero-order chi connectivity index (χ0) is 18.8. The molecule has 4 rings (SSSR count). The number of H-pyrrole nitrogens is 1. The van der Waals surface area contributed by atoms with E-state index in [1.807, 2.05) is 42.2 Å². The van der Waals surface area contributed by atoms with Crippen LogP contribution in [0.3, 0.4) is 0 Å². The molecule has 2 fully saturated rings. The second kappa shape index (κ2) is 7.55. The largest absolute Gasteiger partial charge is 0.336 e. The first-order chi connectivity index (χ1) is 13.1. The quantitative estimate of drug-likeness (QED) is 0.908. The molecule has 6 heteroatoms. The third-order valence-electron chi connectivity index (χ3n) is 5.83. The van der Waals surface area contributed by atoms with Crippen LogP contribution in [0, 0.1) is 6.92 Å². The molecular weight excluding hydrogens is 340 g/mol. The van der Waals surface area contributed by atoms with Gasteiger partial charge in [-0.1, -0.05) is 49.6 Å². The molecule has 1 aliphatic carbocycles. The van der Waals surface area contributed by atoms with Gasteiger partial charge in [0.15, 0.2) is 0 Å². The average molecular weight is 366 g/mol. The summed E-state index contributed by atoms with van der Waals surface area (Å²) in [7, 11) is 0. The molecule has 0 spiro atoms. The maximum atomic E-state index is 13.0. The lowest BCUT2D eigenvalue weighted by molar-refractivity contribution is -0.138. The first-order valence-electron chi connectivity index (χ1n) is 9.84. The van der Waals surface area contributed by atoms with E-state index >= 15 is 0 Å². The second-order valence-electron chi connectivity index (χ2n) is 7.54. The number of carbonyl (C=O) groups is 2. The Kier molecular flexibility index (Phi) is 4.97. The number of amides is 2. The number of nitrogens with zero attached hydrogens (tertiary/aromatic N) is 3. The van der Waals surface area contributed by atoms with Gasteiger partial charge in [-0.05, 0) is 19.8 Å².